The van der Waals surface area contributed by atoms with Gasteiger partial charge in [-0.15, -0.1) is 17.0 Å². The molecule has 3 nitrogen and oxygen atoms in total. The summed E-state index contributed by atoms with van der Waals surface area (Å²) in [5, 5.41) is 7.94. The molecule has 0 aliphatic rings. The van der Waals surface area contributed by atoms with E-state index in [2.05, 4.69) is 25.7 Å². The summed E-state index contributed by atoms with van der Waals surface area (Å²) >= 11 is 0. The van der Waals surface area contributed by atoms with Gasteiger partial charge in [-0.3, -0.25) is 4.89 Å². The minimum Gasteiger partial charge on any atom is -0.323 e. The van der Waals surface area contributed by atoms with Crippen molar-refractivity contribution < 1.29 is 32.0 Å². The predicted molar refractivity (Wildman–Crippen MR) is 65.1 cm³/mol. The van der Waals surface area contributed by atoms with Gasteiger partial charge in [0.15, 0.2) is 0 Å². The van der Waals surface area contributed by atoms with E-state index in [1.807, 2.05) is 0 Å². The van der Waals surface area contributed by atoms with E-state index in [4.69, 9.17) is 5.26 Å². The second kappa shape index (κ2) is 12.7. The number of carbonyl (C=O) groups is 1. The molecule has 0 aliphatic heterocycles. The molecule has 0 bridgehead atoms. The van der Waals surface area contributed by atoms with Gasteiger partial charge < -0.3 is 5.92 Å². The largest absolute Gasteiger partial charge is 1.00 e. The first kappa shape index (κ1) is 21.0. The molecule has 1 aromatic rings. The predicted octanol–water partition coefficient (Wildman–Crippen LogP) is 3.51. The average molecular weight is 340 g/mol. The van der Waals surface area contributed by atoms with Crippen LogP contribution in [0.15, 0.2) is 30.3 Å². The SMILES string of the molecule is Br.C[C-](C)C.O=C(OO)c1ccccc1.[Cu+]. The van der Waals surface area contributed by atoms with E-state index in [0.29, 0.717) is 5.56 Å². The van der Waals surface area contributed by atoms with Gasteiger partial charge >= 0.3 is 23.0 Å². The van der Waals surface area contributed by atoms with Crippen LogP contribution >= 0.6 is 17.0 Å². The smallest absolute Gasteiger partial charge is 0.323 e. The molecule has 0 fully saturated rings. The molecule has 5 heteroatoms. The Morgan fingerprint density at radius 1 is 1.19 bits per heavy atom. The molecule has 0 heterocycles. The first-order chi connectivity index (χ1) is 6.57. The van der Waals surface area contributed by atoms with Crippen LogP contribution in [0, 0.1) is 5.92 Å². The summed E-state index contributed by atoms with van der Waals surface area (Å²) in [7, 11) is 0. The molecule has 0 spiro atoms. The van der Waals surface area contributed by atoms with Crippen LogP contribution in [0.2, 0.25) is 0 Å². The van der Waals surface area contributed by atoms with E-state index in [1.54, 1.807) is 30.3 Å². The molecule has 0 radical (unpaired) electrons. The Hall–Kier alpha value is -0.351. The molecular formula is C11H16BrCuO3. The maximum atomic E-state index is 10.5. The molecule has 0 aromatic heterocycles. The molecule has 1 rings (SSSR count). The van der Waals surface area contributed by atoms with Gasteiger partial charge in [-0.1, -0.05) is 18.2 Å². The molecule has 16 heavy (non-hydrogen) atoms. The zero-order valence-electron chi connectivity index (χ0n) is 9.36. The van der Waals surface area contributed by atoms with Crippen molar-refractivity contribution in [2.24, 2.45) is 0 Å². The van der Waals surface area contributed by atoms with Crippen molar-refractivity contribution in [2.75, 3.05) is 0 Å². The van der Waals surface area contributed by atoms with E-state index in [1.165, 1.54) is 5.92 Å². The number of hydrogen-bond acceptors (Lipinski definition) is 3. The van der Waals surface area contributed by atoms with Crippen LogP contribution in [0.5, 0.6) is 0 Å². The molecule has 0 unspecified atom stereocenters. The first-order valence-electron chi connectivity index (χ1n) is 4.25. The third-order valence-electron chi connectivity index (χ3n) is 1.09. The second-order valence-corrected chi connectivity index (χ2v) is 3.24. The Balaban J connectivity index is -0.000000249. The minimum absolute atomic E-state index is 0. The molecular weight excluding hydrogens is 324 g/mol. The third-order valence-corrected chi connectivity index (χ3v) is 1.09. The monoisotopic (exact) mass is 338 g/mol. The van der Waals surface area contributed by atoms with Gasteiger partial charge in [-0.25, -0.2) is 4.79 Å². The van der Waals surface area contributed by atoms with Gasteiger partial charge in [-0.2, -0.15) is 26.0 Å². The van der Waals surface area contributed by atoms with Crippen LogP contribution in [-0.2, 0) is 22.0 Å². The van der Waals surface area contributed by atoms with Gasteiger partial charge in [0.1, 0.15) is 0 Å². The van der Waals surface area contributed by atoms with Crippen molar-refractivity contribution in [3.05, 3.63) is 41.8 Å². The van der Waals surface area contributed by atoms with Crippen molar-refractivity contribution in [1.82, 2.24) is 0 Å². The first-order valence-corrected chi connectivity index (χ1v) is 4.25. The summed E-state index contributed by atoms with van der Waals surface area (Å²) in [5.41, 5.74) is 0.338. The van der Waals surface area contributed by atoms with Gasteiger partial charge in [0.05, 0.1) is 5.56 Å². The van der Waals surface area contributed by atoms with E-state index >= 15 is 0 Å². The molecule has 0 atom stereocenters. The van der Waals surface area contributed by atoms with Gasteiger partial charge in [0.25, 0.3) is 0 Å². The summed E-state index contributed by atoms with van der Waals surface area (Å²) in [5.74, 6) is 0.681. The number of hydrogen-bond donors (Lipinski definition) is 1. The fourth-order valence-electron chi connectivity index (χ4n) is 0.627. The van der Waals surface area contributed by atoms with Crippen LogP contribution in [-0.4, -0.2) is 11.2 Å². The fraction of sp³-hybridized carbons (Fsp3) is 0.273. The normalized spacial score (nSPS) is 7.81. The van der Waals surface area contributed by atoms with E-state index in [9.17, 15) is 4.79 Å². The molecule has 0 aliphatic carbocycles. The van der Waals surface area contributed by atoms with E-state index < -0.39 is 5.97 Å². The van der Waals surface area contributed by atoms with E-state index in [0.717, 1.165) is 0 Å². The quantitative estimate of drug-likeness (QED) is 0.368. The number of halogens is 1. The molecule has 0 saturated heterocycles. The van der Waals surface area contributed by atoms with Crippen LogP contribution in [0.3, 0.4) is 0 Å². The Labute approximate surface area is 117 Å². The van der Waals surface area contributed by atoms with Crippen LogP contribution in [0.1, 0.15) is 31.1 Å². The Morgan fingerprint density at radius 3 is 1.88 bits per heavy atom. The van der Waals surface area contributed by atoms with E-state index in [-0.39, 0.29) is 34.1 Å². The van der Waals surface area contributed by atoms with Gasteiger partial charge in [0.2, 0.25) is 0 Å². The Morgan fingerprint density at radius 2 is 1.56 bits per heavy atom. The van der Waals surface area contributed by atoms with Crippen molar-refractivity contribution >= 4 is 23.0 Å². The van der Waals surface area contributed by atoms with Crippen LogP contribution in [0.4, 0.5) is 0 Å². The van der Waals surface area contributed by atoms with Crippen molar-refractivity contribution in [1.29, 1.82) is 0 Å². The fourth-order valence-corrected chi connectivity index (χ4v) is 0.627. The topological polar surface area (TPSA) is 46.5 Å². The van der Waals surface area contributed by atoms with Crippen molar-refractivity contribution in [2.45, 2.75) is 20.8 Å². The average Bonchev–Trinajstić information content (AvgIpc) is 2.17. The number of carbonyl (C=O) groups excluding carboxylic acids is 1. The van der Waals surface area contributed by atoms with Crippen molar-refractivity contribution in [3.8, 4) is 0 Å². The maximum Gasteiger partial charge on any atom is 1.00 e. The maximum absolute atomic E-state index is 10.5. The van der Waals surface area contributed by atoms with Gasteiger partial charge in [0, 0.05) is 0 Å². The summed E-state index contributed by atoms with van der Waals surface area (Å²) in [6.45, 7) is 6.25. The number of benzene rings is 1. The summed E-state index contributed by atoms with van der Waals surface area (Å²) in [4.78, 5) is 14.0. The zero-order valence-corrected chi connectivity index (χ0v) is 12.0. The minimum atomic E-state index is -0.736. The standard InChI is InChI=1S/C7H6O3.C4H9.BrH.Cu/c8-7(10-9)6-4-2-1-3-5-6;1-4(2)3;;/h1-5,9H;1-3H3;1H;/q;-1;;+1. The van der Waals surface area contributed by atoms with Gasteiger partial charge in [-0.05, 0) is 12.1 Å². The molecule has 1 N–H and O–H groups in total. The summed E-state index contributed by atoms with van der Waals surface area (Å²) in [6, 6.07) is 8.25. The summed E-state index contributed by atoms with van der Waals surface area (Å²) < 4.78 is 0. The Bertz CT molecular complexity index is 262. The zero-order chi connectivity index (χ0) is 11.0. The molecule has 96 valence electrons. The van der Waals surface area contributed by atoms with Crippen LogP contribution < -0.4 is 0 Å². The molecule has 0 saturated carbocycles. The van der Waals surface area contributed by atoms with Crippen molar-refractivity contribution in [3.63, 3.8) is 0 Å². The molecule has 1 aromatic carbocycles. The Kier molecular flexibility index (Phi) is 16.7. The number of rotatable bonds is 1. The molecule has 0 amide bonds. The van der Waals surface area contributed by atoms with Crippen LogP contribution in [0.25, 0.3) is 0 Å². The second-order valence-electron chi connectivity index (χ2n) is 3.24. The summed E-state index contributed by atoms with van der Waals surface area (Å²) in [6.07, 6.45) is 0. The third kappa shape index (κ3) is 11.7.